The number of rotatable bonds is 4. The van der Waals surface area contributed by atoms with Crippen molar-refractivity contribution in [1.82, 2.24) is 14.5 Å². The highest BCUT2D eigenvalue weighted by atomic mass is 32.1. The number of thiophene rings is 1. The monoisotopic (exact) mass is 377 g/mol. The lowest BCUT2D eigenvalue weighted by Gasteiger charge is -2.19. The highest BCUT2D eigenvalue weighted by Gasteiger charge is 2.21. The first-order valence-corrected chi connectivity index (χ1v) is 9.81. The van der Waals surface area contributed by atoms with Crippen LogP contribution in [0.1, 0.15) is 24.3 Å². The molecule has 4 rings (SSSR count). The summed E-state index contributed by atoms with van der Waals surface area (Å²) in [6.07, 6.45) is 0. The molecule has 0 spiro atoms. The minimum absolute atomic E-state index is 0.151. The average molecular weight is 377 g/mol. The molecule has 27 heavy (non-hydrogen) atoms. The summed E-state index contributed by atoms with van der Waals surface area (Å²) in [4.78, 5) is 27.9. The van der Waals surface area contributed by atoms with E-state index in [2.05, 4.69) is 5.10 Å². The number of carbonyl (C=O) groups is 1. The van der Waals surface area contributed by atoms with Crippen LogP contribution in [0.5, 0.6) is 0 Å². The maximum absolute atomic E-state index is 13.2. The Bertz CT molecular complexity index is 1190. The maximum Gasteiger partial charge on any atom is 0.279 e. The normalized spacial score (nSPS) is 11.2. The molecule has 0 aliphatic heterocycles. The number of hydrogen-bond acceptors (Lipinski definition) is 4. The predicted molar refractivity (Wildman–Crippen MR) is 110 cm³/mol. The molecule has 0 unspecified atom stereocenters. The number of aromatic nitrogens is 2. The zero-order chi connectivity index (χ0) is 19.0. The fourth-order valence-corrected chi connectivity index (χ4v) is 4.21. The summed E-state index contributed by atoms with van der Waals surface area (Å²) >= 11 is 1.52. The van der Waals surface area contributed by atoms with Crippen LogP contribution >= 0.6 is 11.3 Å². The third-order valence-corrected chi connectivity index (χ3v) is 5.69. The fourth-order valence-electron chi connectivity index (χ4n) is 3.30. The number of benzene rings is 1. The molecule has 1 amide bonds. The first kappa shape index (κ1) is 17.4. The van der Waals surface area contributed by atoms with Gasteiger partial charge >= 0.3 is 0 Å². The van der Waals surface area contributed by atoms with Gasteiger partial charge in [0.25, 0.3) is 11.5 Å². The van der Waals surface area contributed by atoms with Crippen molar-refractivity contribution in [3.05, 3.63) is 70.0 Å². The van der Waals surface area contributed by atoms with Gasteiger partial charge in [0.05, 0.1) is 10.2 Å². The molecule has 0 saturated carbocycles. The van der Waals surface area contributed by atoms with Crippen molar-refractivity contribution in [3.8, 4) is 11.1 Å². The van der Waals surface area contributed by atoms with E-state index in [0.717, 1.165) is 21.2 Å². The van der Waals surface area contributed by atoms with Crippen molar-refractivity contribution >= 4 is 32.8 Å². The van der Waals surface area contributed by atoms with E-state index in [4.69, 9.17) is 0 Å². The number of carbonyl (C=O) groups excluding carboxylic acids is 1. The SMILES string of the molecule is CCN(CC)C(=O)c1nn2c(=O)c(-c3ccccc3)ccc2c2sccc12. The average Bonchev–Trinajstić information content (AvgIpc) is 3.19. The van der Waals surface area contributed by atoms with Crippen LogP contribution < -0.4 is 5.56 Å². The smallest absolute Gasteiger partial charge is 0.279 e. The van der Waals surface area contributed by atoms with E-state index in [9.17, 15) is 9.59 Å². The van der Waals surface area contributed by atoms with Crippen LogP contribution in [0.15, 0.2) is 58.7 Å². The second kappa shape index (κ2) is 6.96. The number of amides is 1. The third-order valence-electron chi connectivity index (χ3n) is 4.75. The van der Waals surface area contributed by atoms with Crippen LogP contribution in [0.25, 0.3) is 26.7 Å². The molecule has 3 heterocycles. The van der Waals surface area contributed by atoms with Crippen LogP contribution in [0.2, 0.25) is 0 Å². The first-order chi connectivity index (χ1) is 13.2. The summed E-state index contributed by atoms with van der Waals surface area (Å²) in [7, 11) is 0. The molecule has 0 aliphatic rings. The van der Waals surface area contributed by atoms with Gasteiger partial charge in [0.15, 0.2) is 5.69 Å². The van der Waals surface area contributed by atoms with Crippen LogP contribution in [0.3, 0.4) is 0 Å². The van der Waals surface area contributed by atoms with Gasteiger partial charge in [-0.25, -0.2) is 0 Å². The zero-order valence-corrected chi connectivity index (χ0v) is 16.0. The van der Waals surface area contributed by atoms with Crippen LogP contribution in [-0.2, 0) is 0 Å². The molecule has 3 aromatic heterocycles. The maximum atomic E-state index is 13.2. The van der Waals surface area contributed by atoms with Crippen molar-refractivity contribution in [1.29, 1.82) is 0 Å². The zero-order valence-electron chi connectivity index (χ0n) is 15.2. The second-order valence-electron chi connectivity index (χ2n) is 6.20. The summed E-state index contributed by atoms with van der Waals surface area (Å²) in [5.74, 6) is -0.151. The van der Waals surface area contributed by atoms with Crippen molar-refractivity contribution in [3.63, 3.8) is 0 Å². The minimum Gasteiger partial charge on any atom is -0.338 e. The Morgan fingerprint density at radius 2 is 1.81 bits per heavy atom. The largest absolute Gasteiger partial charge is 0.338 e. The summed E-state index contributed by atoms with van der Waals surface area (Å²) in [6, 6.07) is 15.1. The fraction of sp³-hybridized carbons (Fsp3) is 0.190. The van der Waals surface area contributed by atoms with E-state index >= 15 is 0 Å². The summed E-state index contributed by atoms with van der Waals surface area (Å²) in [5, 5.41) is 7.22. The molecule has 0 aliphatic carbocycles. The second-order valence-corrected chi connectivity index (χ2v) is 7.12. The van der Waals surface area contributed by atoms with Gasteiger partial charge in [-0.2, -0.15) is 9.61 Å². The van der Waals surface area contributed by atoms with E-state index in [1.54, 1.807) is 4.90 Å². The lowest BCUT2D eigenvalue weighted by molar-refractivity contribution is 0.0768. The molecule has 0 bridgehead atoms. The molecule has 0 atom stereocenters. The van der Waals surface area contributed by atoms with Crippen LogP contribution in [0, 0.1) is 0 Å². The number of pyridine rings is 1. The Morgan fingerprint density at radius 3 is 2.52 bits per heavy atom. The van der Waals surface area contributed by atoms with E-state index < -0.39 is 0 Å². The topological polar surface area (TPSA) is 54.7 Å². The van der Waals surface area contributed by atoms with E-state index in [1.807, 2.05) is 67.8 Å². The first-order valence-electron chi connectivity index (χ1n) is 8.93. The molecule has 0 N–H and O–H groups in total. The standard InChI is InChI=1S/C21H19N3O2S/c1-3-23(4-2)21(26)18-16-12-13-27-19(16)17-11-10-15(20(25)24(17)22-18)14-8-6-5-7-9-14/h5-13H,3-4H2,1-2H3. The number of fused-ring (bicyclic) bond motifs is 3. The van der Waals surface area contributed by atoms with Crippen LogP contribution in [-0.4, -0.2) is 33.5 Å². The predicted octanol–water partition coefficient (Wildman–Crippen LogP) is 4.06. The van der Waals surface area contributed by atoms with Crippen LogP contribution in [0.4, 0.5) is 0 Å². The van der Waals surface area contributed by atoms with Gasteiger partial charge in [0.1, 0.15) is 0 Å². The molecule has 1 aromatic carbocycles. The van der Waals surface area contributed by atoms with Crippen molar-refractivity contribution in [2.75, 3.05) is 13.1 Å². The van der Waals surface area contributed by atoms with Gasteiger partial charge in [0.2, 0.25) is 0 Å². The van der Waals surface area contributed by atoms with Crippen molar-refractivity contribution < 1.29 is 4.79 Å². The van der Waals surface area contributed by atoms with Gasteiger partial charge in [-0.15, -0.1) is 11.3 Å². The van der Waals surface area contributed by atoms with E-state index in [1.165, 1.54) is 15.9 Å². The van der Waals surface area contributed by atoms with Crippen molar-refractivity contribution in [2.24, 2.45) is 0 Å². The highest BCUT2D eigenvalue weighted by molar-refractivity contribution is 7.18. The Balaban J connectivity index is 2.02. The summed E-state index contributed by atoms with van der Waals surface area (Å²) in [5.41, 5.74) is 2.23. The van der Waals surface area contributed by atoms with Gasteiger partial charge in [-0.1, -0.05) is 30.3 Å². The number of nitrogens with zero attached hydrogens (tertiary/aromatic N) is 3. The Hall–Kier alpha value is -2.99. The van der Waals surface area contributed by atoms with Gasteiger partial charge < -0.3 is 4.90 Å². The molecular formula is C21H19N3O2S. The molecule has 6 heteroatoms. The van der Waals surface area contributed by atoms with Gasteiger partial charge in [-0.3, -0.25) is 9.59 Å². The Labute approximate surface area is 160 Å². The van der Waals surface area contributed by atoms with Gasteiger partial charge in [0, 0.05) is 24.0 Å². The Kier molecular flexibility index (Phi) is 4.49. The molecule has 0 saturated heterocycles. The van der Waals surface area contributed by atoms with E-state index in [0.29, 0.717) is 24.3 Å². The lowest BCUT2D eigenvalue weighted by atomic mass is 10.1. The molecular weight excluding hydrogens is 358 g/mol. The van der Waals surface area contributed by atoms with E-state index in [-0.39, 0.29) is 11.5 Å². The molecule has 4 aromatic rings. The highest BCUT2D eigenvalue weighted by Crippen LogP contribution is 2.28. The quantitative estimate of drug-likeness (QED) is 0.539. The molecule has 5 nitrogen and oxygen atoms in total. The summed E-state index contributed by atoms with van der Waals surface area (Å²) < 4.78 is 2.27. The molecule has 136 valence electrons. The van der Waals surface area contributed by atoms with Gasteiger partial charge in [-0.05, 0) is 43.0 Å². The lowest BCUT2D eigenvalue weighted by Crippen LogP contribution is -2.32. The molecule has 0 fully saturated rings. The summed E-state index contributed by atoms with van der Waals surface area (Å²) in [6.45, 7) is 5.07. The molecule has 0 radical (unpaired) electrons. The Morgan fingerprint density at radius 1 is 1.07 bits per heavy atom. The minimum atomic E-state index is -0.220. The van der Waals surface area contributed by atoms with Crippen molar-refractivity contribution in [2.45, 2.75) is 13.8 Å². The third kappa shape index (κ3) is 2.82. The number of hydrogen-bond donors (Lipinski definition) is 0.